The number of halogens is 6. The number of hydrogen-bond acceptors (Lipinski definition) is 4. The van der Waals surface area contributed by atoms with Crippen molar-refractivity contribution in [1.82, 2.24) is 10.2 Å². The SMILES string of the molecule is CCC[C@H](O)c1nnc(-c2cc(C(F)(F)F)cc(C(F)(F)F)c2)o1. The smallest absolute Gasteiger partial charge is 0.416 e. The summed E-state index contributed by atoms with van der Waals surface area (Å²) in [4.78, 5) is 0. The third-order valence-corrected chi connectivity index (χ3v) is 3.12. The van der Waals surface area contributed by atoms with E-state index >= 15 is 0 Å². The number of nitrogens with zero attached hydrogens (tertiary/aromatic N) is 2. The molecule has 0 spiro atoms. The Bertz CT molecular complexity index is 676. The van der Waals surface area contributed by atoms with Crippen LogP contribution in [0.25, 0.3) is 11.5 Å². The maximum absolute atomic E-state index is 12.8. The van der Waals surface area contributed by atoms with Gasteiger partial charge in [-0.25, -0.2) is 0 Å². The molecule has 2 rings (SSSR count). The Hall–Kier alpha value is -2.10. The summed E-state index contributed by atoms with van der Waals surface area (Å²) in [5.41, 5.74) is -3.50. The average Bonchev–Trinajstić information content (AvgIpc) is 2.95. The standard InChI is InChI=1S/C14H12F6N2O2/c1-2-3-10(23)12-22-21-11(24-12)7-4-8(13(15,16)17)6-9(5-7)14(18,19)20/h4-6,10,23H,2-3H2,1H3/t10-/m0/s1. The molecule has 1 aromatic carbocycles. The van der Waals surface area contributed by atoms with Crippen LogP contribution in [0.3, 0.4) is 0 Å². The highest BCUT2D eigenvalue weighted by molar-refractivity contribution is 5.56. The van der Waals surface area contributed by atoms with E-state index in [1.807, 2.05) is 0 Å². The van der Waals surface area contributed by atoms with Crippen molar-refractivity contribution in [2.75, 3.05) is 0 Å². The molecule has 0 radical (unpaired) electrons. The lowest BCUT2D eigenvalue weighted by molar-refractivity contribution is -0.143. The molecule has 0 aliphatic carbocycles. The van der Waals surface area contributed by atoms with Crippen LogP contribution in [0.5, 0.6) is 0 Å². The Morgan fingerprint density at radius 2 is 1.54 bits per heavy atom. The Balaban J connectivity index is 2.50. The number of benzene rings is 1. The van der Waals surface area contributed by atoms with E-state index in [0.29, 0.717) is 18.6 Å². The molecule has 0 saturated heterocycles. The number of rotatable bonds is 4. The molecule has 24 heavy (non-hydrogen) atoms. The van der Waals surface area contributed by atoms with Gasteiger partial charge < -0.3 is 9.52 Å². The average molecular weight is 354 g/mol. The fourth-order valence-electron chi connectivity index (χ4n) is 1.96. The molecule has 1 heterocycles. The molecule has 10 heteroatoms. The number of aromatic nitrogens is 2. The van der Waals surface area contributed by atoms with Crippen LogP contribution in [-0.2, 0) is 12.4 Å². The predicted molar refractivity (Wildman–Crippen MR) is 69.6 cm³/mol. The van der Waals surface area contributed by atoms with Gasteiger partial charge in [0.25, 0.3) is 0 Å². The fourth-order valence-corrected chi connectivity index (χ4v) is 1.96. The van der Waals surface area contributed by atoms with Crippen LogP contribution in [0.1, 0.15) is 42.9 Å². The van der Waals surface area contributed by atoms with Crippen molar-refractivity contribution in [3.05, 3.63) is 35.2 Å². The Morgan fingerprint density at radius 3 is 2.00 bits per heavy atom. The summed E-state index contributed by atoms with van der Waals surface area (Å²) in [5.74, 6) is -0.797. The van der Waals surface area contributed by atoms with Gasteiger partial charge >= 0.3 is 12.4 Å². The van der Waals surface area contributed by atoms with Gasteiger partial charge in [0.1, 0.15) is 6.10 Å². The van der Waals surface area contributed by atoms with Crippen molar-refractivity contribution >= 4 is 0 Å². The van der Waals surface area contributed by atoms with Gasteiger partial charge in [0.15, 0.2) is 0 Å². The molecule has 2 aromatic rings. The molecule has 1 atom stereocenters. The minimum Gasteiger partial charge on any atom is -0.418 e. The van der Waals surface area contributed by atoms with Crippen molar-refractivity contribution in [2.24, 2.45) is 0 Å². The summed E-state index contributed by atoms with van der Waals surface area (Å²) >= 11 is 0. The van der Waals surface area contributed by atoms with Crippen LogP contribution in [-0.4, -0.2) is 15.3 Å². The van der Waals surface area contributed by atoms with Crippen LogP contribution >= 0.6 is 0 Å². The maximum Gasteiger partial charge on any atom is 0.416 e. The van der Waals surface area contributed by atoms with Crippen molar-refractivity contribution in [3.63, 3.8) is 0 Å². The van der Waals surface area contributed by atoms with Gasteiger partial charge in [-0.1, -0.05) is 13.3 Å². The summed E-state index contributed by atoms with van der Waals surface area (Å²) in [6, 6.07) is 0.976. The van der Waals surface area contributed by atoms with Crippen LogP contribution < -0.4 is 0 Å². The van der Waals surface area contributed by atoms with E-state index in [2.05, 4.69) is 10.2 Å². The molecular formula is C14H12F6N2O2. The van der Waals surface area contributed by atoms with Gasteiger partial charge in [0.2, 0.25) is 11.8 Å². The fraction of sp³-hybridized carbons (Fsp3) is 0.429. The first kappa shape index (κ1) is 18.2. The van der Waals surface area contributed by atoms with Gasteiger partial charge in [0, 0.05) is 5.56 Å². The third-order valence-electron chi connectivity index (χ3n) is 3.12. The highest BCUT2D eigenvalue weighted by atomic mass is 19.4. The van der Waals surface area contributed by atoms with E-state index in [0.717, 1.165) is 0 Å². The zero-order chi connectivity index (χ0) is 18.1. The summed E-state index contributed by atoms with van der Waals surface area (Å²) in [7, 11) is 0. The monoisotopic (exact) mass is 354 g/mol. The molecule has 0 fully saturated rings. The normalized spacial score (nSPS) is 14.0. The molecule has 132 valence electrons. The number of aliphatic hydroxyl groups excluding tert-OH is 1. The molecule has 0 aliphatic rings. The maximum atomic E-state index is 12.8. The van der Waals surface area contributed by atoms with Crippen molar-refractivity contribution < 1.29 is 35.9 Å². The first-order valence-corrected chi connectivity index (χ1v) is 6.83. The van der Waals surface area contributed by atoms with E-state index in [1.54, 1.807) is 6.92 Å². The molecule has 0 amide bonds. The quantitative estimate of drug-likeness (QED) is 0.815. The molecule has 0 bridgehead atoms. The molecule has 0 saturated carbocycles. The highest BCUT2D eigenvalue weighted by Crippen LogP contribution is 2.38. The van der Waals surface area contributed by atoms with Crippen LogP contribution in [0.2, 0.25) is 0 Å². The van der Waals surface area contributed by atoms with Crippen molar-refractivity contribution in [1.29, 1.82) is 0 Å². The Labute approximate surface area is 132 Å². The van der Waals surface area contributed by atoms with Gasteiger partial charge in [-0.05, 0) is 24.6 Å². The molecule has 1 N–H and O–H groups in total. The van der Waals surface area contributed by atoms with Crippen LogP contribution in [0.4, 0.5) is 26.3 Å². The predicted octanol–water partition coefficient (Wildman–Crippen LogP) is 4.61. The molecular weight excluding hydrogens is 342 g/mol. The number of alkyl halides is 6. The molecule has 1 aromatic heterocycles. The van der Waals surface area contributed by atoms with Gasteiger partial charge in [-0.2, -0.15) is 26.3 Å². The van der Waals surface area contributed by atoms with Crippen LogP contribution in [0, 0.1) is 0 Å². The summed E-state index contributed by atoms with van der Waals surface area (Å²) in [6.07, 6.45) is -10.2. The second-order valence-corrected chi connectivity index (χ2v) is 5.04. The zero-order valence-electron chi connectivity index (χ0n) is 12.2. The zero-order valence-corrected chi connectivity index (χ0v) is 12.2. The largest absolute Gasteiger partial charge is 0.418 e. The van der Waals surface area contributed by atoms with E-state index in [4.69, 9.17) is 4.42 Å². The van der Waals surface area contributed by atoms with Crippen LogP contribution in [0.15, 0.2) is 22.6 Å². The highest BCUT2D eigenvalue weighted by Gasteiger charge is 2.37. The summed E-state index contributed by atoms with van der Waals surface area (Å²) in [6.45, 7) is 1.77. The minimum absolute atomic E-state index is 0.00666. The first-order chi connectivity index (χ1) is 11.0. The molecule has 4 nitrogen and oxygen atoms in total. The lowest BCUT2D eigenvalue weighted by Gasteiger charge is -2.12. The summed E-state index contributed by atoms with van der Waals surface area (Å²) < 4.78 is 81.9. The minimum atomic E-state index is -4.97. The first-order valence-electron chi connectivity index (χ1n) is 6.83. The molecule has 0 unspecified atom stereocenters. The lowest BCUT2D eigenvalue weighted by Crippen LogP contribution is -2.11. The van der Waals surface area contributed by atoms with Gasteiger partial charge in [0.05, 0.1) is 11.1 Å². The van der Waals surface area contributed by atoms with E-state index < -0.39 is 41.0 Å². The van der Waals surface area contributed by atoms with E-state index in [1.165, 1.54) is 0 Å². The Kier molecular flexibility index (Phi) is 4.88. The van der Waals surface area contributed by atoms with Crippen molar-refractivity contribution in [2.45, 2.75) is 38.2 Å². The second-order valence-electron chi connectivity index (χ2n) is 5.04. The van der Waals surface area contributed by atoms with E-state index in [9.17, 15) is 31.4 Å². The van der Waals surface area contributed by atoms with Gasteiger partial charge in [-0.15, -0.1) is 10.2 Å². The topological polar surface area (TPSA) is 59.2 Å². The molecule has 0 aliphatic heterocycles. The van der Waals surface area contributed by atoms with E-state index in [-0.39, 0.29) is 18.4 Å². The van der Waals surface area contributed by atoms with Crippen molar-refractivity contribution in [3.8, 4) is 11.5 Å². The number of aliphatic hydroxyl groups is 1. The third kappa shape index (κ3) is 4.05. The van der Waals surface area contributed by atoms with Gasteiger partial charge in [-0.3, -0.25) is 0 Å². The lowest BCUT2D eigenvalue weighted by atomic mass is 10.0. The second kappa shape index (κ2) is 6.42. The summed E-state index contributed by atoms with van der Waals surface area (Å²) in [5, 5.41) is 16.6. The Morgan fingerprint density at radius 1 is 1.00 bits per heavy atom. The number of hydrogen-bond donors (Lipinski definition) is 1.